The number of anilines is 1. The van der Waals surface area contributed by atoms with Crippen LogP contribution >= 0.6 is 0 Å². The largest absolute Gasteiger partial charge is 0.399 e. The van der Waals surface area contributed by atoms with Crippen LogP contribution in [0.2, 0.25) is 0 Å². The standard InChI is InChI=1S/C14H17N3O/c15-11-5-3-4-10(8-11)14-9-13(17-18-14)12-6-1-2-7-16-12/h3-5,8-9,12,16H,1-2,6-7,15H2/t12-/m1/s1. The third-order valence-corrected chi connectivity index (χ3v) is 3.37. The molecule has 0 aliphatic carbocycles. The lowest BCUT2D eigenvalue weighted by atomic mass is 10.0. The summed E-state index contributed by atoms with van der Waals surface area (Å²) in [7, 11) is 0. The number of nitrogen functional groups attached to an aromatic ring is 1. The van der Waals surface area contributed by atoms with Crippen LogP contribution in [0.15, 0.2) is 34.9 Å². The number of hydrogen-bond acceptors (Lipinski definition) is 4. The maximum absolute atomic E-state index is 5.77. The van der Waals surface area contributed by atoms with E-state index in [4.69, 9.17) is 10.3 Å². The molecule has 94 valence electrons. The Morgan fingerprint density at radius 1 is 1.28 bits per heavy atom. The van der Waals surface area contributed by atoms with E-state index in [1.54, 1.807) is 0 Å². The molecule has 1 aliphatic heterocycles. The lowest BCUT2D eigenvalue weighted by molar-refractivity contribution is 0.368. The number of nitrogens with two attached hydrogens (primary N) is 1. The Morgan fingerprint density at radius 3 is 3.00 bits per heavy atom. The quantitative estimate of drug-likeness (QED) is 0.796. The third kappa shape index (κ3) is 2.24. The van der Waals surface area contributed by atoms with Crippen LogP contribution < -0.4 is 11.1 Å². The van der Waals surface area contributed by atoms with Crippen LogP contribution in [0.25, 0.3) is 11.3 Å². The van der Waals surface area contributed by atoms with Crippen LogP contribution in [0.3, 0.4) is 0 Å². The summed E-state index contributed by atoms with van der Waals surface area (Å²) in [6.07, 6.45) is 3.62. The van der Waals surface area contributed by atoms with Crippen molar-refractivity contribution < 1.29 is 4.52 Å². The van der Waals surface area contributed by atoms with E-state index in [1.165, 1.54) is 12.8 Å². The fourth-order valence-electron chi connectivity index (χ4n) is 2.39. The first-order valence-electron chi connectivity index (χ1n) is 6.39. The van der Waals surface area contributed by atoms with Gasteiger partial charge in [-0.3, -0.25) is 0 Å². The van der Waals surface area contributed by atoms with Gasteiger partial charge in [0.2, 0.25) is 0 Å². The Kier molecular flexibility index (Phi) is 3.02. The zero-order chi connectivity index (χ0) is 12.4. The van der Waals surface area contributed by atoms with Crippen molar-refractivity contribution in [1.82, 2.24) is 10.5 Å². The molecule has 4 nitrogen and oxygen atoms in total. The van der Waals surface area contributed by atoms with Gasteiger partial charge in [0.15, 0.2) is 5.76 Å². The molecule has 0 spiro atoms. The SMILES string of the molecule is Nc1cccc(-c2cc([C@H]3CCCCN3)no2)c1. The fraction of sp³-hybridized carbons (Fsp3) is 0.357. The number of nitrogens with one attached hydrogen (secondary N) is 1. The third-order valence-electron chi connectivity index (χ3n) is 3.37. The summed E-state index contributed by atoms with van der Waals surface area (Å²) >= 11 is 0. The van der Waals surface area contributed by atoms with Gasteiger partial charge in [0.25, 0.3) is 0 Å². The second-order valence-electron chi connectivity index (χ2n) is 4.74. The lowest BCUT2D eigenvalue weighted by Crippen LogP contribution is -2.26. The maximum Gasteiger partial charge on any atom is 0.167 e. The number of aromatic nitrogens is 1. The minimum atomic E-state index is 0.331. The monoisotopic (exact) mass is 243 g/mol. The molecule has 0 unspecified atom stereocenters. The van der Waals surface area contributed by atoms with Crippen LogP contribution in [-0.2, 0) is 0 Å². The highest BCUT2D eigenvalue weighted by Crippen LogP contribution is 2.27. The average molecular weight is 243 g/mol. The number of rotatable bonds is 2. The van der Waals surface area contributed by atoms with E-state index in [-0.39, 0.29) is 0 Å². The first-order valence-corrected chi connectivity index (χ1v) is 6.39. The number of benzene rings is 1. The molecule has 1 atom stereocenters. The molecule has 1 saturated heterocycles. The molecule has 0 radical (unpaired) electrons. The van der Waals surface area contributed by atoms with Crippen molar-refractivity contribution in [2.75, 3.05) is 12.3 Å². The van der Waals surface area contributed by atoms with Crippen LogP contribution in [-0.4, -0.2) is 11.7 Å². The van der Waals surface area contributed by atoms with E-state index in [2.05, 4.69) is 10.5 Å². The van der Waals surface area contributed by atoms with Gasteiger partial charge in [0, 0.05) is 17.3 Å². The molecule has 1 aromatic carbocycles. The second kappa shape index (κ2) is 4.82. The zero-order valence-electron chi connectivity index (χ0n) is 10.2. The molecule has 4 heteroatoms. The zero-order valence-corrected chi connectivity index (χ0v) is 10.2. The highest BCUT2D eigenvalue weighted by Gasteiger charge is 2.19. The first-order chi connectivity index (χ1) is 8.83. The maximum atomic E-state index is 5.77. The van der Waals surface area contributed by atoms with Crippen LogP contribution in [0.4, 0.5) is 5.69 Å². The van der Waals surface area contributed by atoms with Crippen molar-refractivity contribution in [3.63, 3.8) is 0 Å². The van der Waals surface area contributed by atoms with Gasteiger partial charge in [-0.2, -0.15) is 0 Å². The van der Waals surface area contributed by atoms with E-state index in [0.717, 1.165) is 35.7 Å². The molecule has 2 heterocycles. The van der Waals surface area contributed by atoms with Gasteiger partial charge in [-0.05, 0) is 31.5 Å². The molecule has 1 aromatic heterocycles. The van der Waals surface area contributed by atoms with Gasteiger partial charge in [-0.25, -0.2) is 0 Å². The molecule has 0 bridgehead atoms. The van der Waals surface area contributed by atoms with Crippen molar-refractivity contribution in [2.24, 2.45) is 0 Å². The van der Waals surface area contributed by atoms with Gasteiger partial charge in [0.1, 0.15) is 5.69 Å². The normalized spacial score (nSPS) is 19.9. The van der Waals surface area contributed by atoms with E-state index >= 15 is 0 Å². The first kappa shape index (κ1) is 11.3. The van der Waals surface area contributed by atoms with Gasteiger partial charge in [-0.1, -0.05) is 23.7 Å². The summed E-state index contributed by atoms with van der Waals surface area (Å²) in [5.74, 6) is 0.782. The predicted molar refractivity (Wildman–Crippen MR) is 70.9 cm³/mol. The minimum Gasteiger partial charge on any atom is -0.399 e. The Hall–Kier alpha value is -1.81. The average Bonchev–Trinajstić information content (AvgIpc) is 2.89. The Labute approximate surface area is 106 Å². The van der Waals surface area contributed by atoms with Crippen LogP contribution in [0, 0.1) is 0 Å². The topological polar surface area (TPSA) is 64.1 Å². The minimum absolute atomic E-state index is 0.331. The Morgan fingerprint density at radius 2 is 2.22 bits per heavy atom. The van der Waals surface area contributed by atoms with Crippen molar-refractivity contribution >= 4 is 5.69 Å². The number of piperidine rings is 1. The fourth-order valence-corrected chi connectivity index (χ4v) is 2.39. The summed E-state index contributed by atoms with van der Waals surface area (Å²) in [5.41, 5.74) is 8.48. The van der Waals surface area contributed by atoms with E-state index < -0.39 is 0 Å². The molecular formula is C14H17N3O. The molecule has 3 rings (SSSR count). The molecule has 1 aliphatic rings. The van der Waals surface area contributed by atoms with E-state index in [1.807, 2.05) is 30.3 Å². The van der Waals surface area contributed by atoms with E-state index in [9.17, 15) is 0 Å². The van der Waals surface area contributed by atoms with Crippen molar-refractivity contribution in [1.29, 1.82) is 0 Å². The second-order valence-corrected chi connectivity index (χ2v) is 4.74. The highest BCUT2D eigenvalue weighted by molar-refractivity contribution is 5.62. The molecule has 0 saturated carbocycles. The van der Waals surface area contributed by atoms with Crippen molar-refractivity contribution in [2.45, 2.75) is 25.3 Å². The molecule has 3 N–H and O–H groups in total. The molecule has 18 heavy (non-hydrogen) atoms. The van der Waals surface area contributed by atoms with Gasteiger partial charge in [-0.15, -0.1) is 0 Å². The van der Waals surface area contributed by atoms with Crippen molar-refractivity contribution in [3.8, 4) is 11.3 Å². The summed E-state index contributed by atoms with van der Waals surface area (Å²) < 4.78 is 5.41. The summed E-state index contributed by atoms with van der Waals surface area (Å²) in [4.78, 5) is 0. The number of nitrogens with zero attached hydrogens (tertiary/aromatic N) is 1. The molecular weight excluding hydrogens is 226 g/mol. The van der Waals surface area contributed by atoms with Gasteiger partial charge in [0.05, 0.1) is 6.04 Å². The smallest absolute Gasteiger partial charge is 0.167 e. The van der Waals surface area contributed by atoms with E-state index in [0.29, 0.717) is 6.04 Å². The van der Waals surface area contributed by atoms with Gasteiger partial charge >= 0.3 is 0 Å². The van der Waals surface area contributed by atoms with Crippen molar-refractivity contribution in [3.05, 3.63) is 36.0 Å². The molecule has 2 aromatic rings. The Bertz CT molecular complexity index is 529. The van der Waals surface area contributed by atoms with Crippen LogP contribution in [0.1, 0.15) is 31.0 Å². The lowest BCUT2D eigenvalue weighted by Gasteiger charge is -2.20. The number of hydrogen-bond donors (Lipinski definition) is 2. The summed E-state index contributed by atoms with van der Waals surface area (Å²) in [6, 6.07) is 10.0. The highest BCUT2D eigenvalue weighted by atomic mass is 16.5. The van der Waals surface area contributed by atoms with Crippen LogP contribution in [0.5, 0.6) is 0 Å². The van der Waals surface area contributed by atoms with Gasteiger partial charge < -0.3 is 15.6 Å². The molecule has 0 amide bonds. The summed E-state index contributed by atoms with van der Waals surface area (Å²) in [5, 5.41) is 7.63. The molecule has 1 fully saturated rings. The predicted octanol–water partition coefficient (Wildman–Crippen LogP) is 2.74. The Balaban J connectivity index is 1.84. The summed E-state index contributed by atoms with van der Waals surface area (Å²) in [6.45, 7) is 1.06.